The van der Waals surface area contributed by atoms with Crippen LogP contribution in [0.4, 0.5) is 5.82 Å². The van der Waals surface area contributed by atoms with Crippen LogP contribution in [0, 0.1) is 19.3 Å². The Labute approximate surface area is 88.9 Å². The number of nitrogens with one attached hydrogen (secondary N) is 1. The monoisotopic (exact) mass is 209 g/mol. The van der Waals surface area contributed by atoms with E-state index in [0.29, 0.717) is 11.0 Å². The highest BCUT2D eigenvalue weighted by atomic mass is 35.5. The summed E-state index contributed by atoms with van der Waals surface area (Å²) in [6, 6.07) is 1.70. The van der Waals surface area contributed by atoms with Crippen molar-refractivity contribution in [2.45, 2.75) is 19.8 Å². The van der Waals surface area contributed by atoms with E-state index in [1.165, 1.54) is 0 Å². The molecule has 14 heavy (non-hydrogen) atoms. The normalized spacial score (nSPS) is 9.50. The van der Waals surface area contributed by atoms with Crippen LogP contribution in [0.5, 0.6) is 0 Å². The van der Waals surface area contributed by atoms with E-state index in [1.807, 2.05) is 0 Å². The molecule has 0 amide bonds. The Bertz CT molecular complexity index is 323. The average molecular weight is 210 g/mol. The van der Waals surface area contributed by atoms with Gasteiger partial charge in [-0.1, -0.05) is 11.6 Å². The fourth-order valence-electron chi connectivity index (χ4n) is 1.03. The highest BCUT2D eigenvalue weighted by Gasteiger charge is 1.98. The van der Waals surface area contributed by atoms with E-state index in [2.05, 4.69) is 21.2 Å². The summed E-state index contributed by atoms with van der Waals surface area (Å²) in [5, 5.41) is 3.59. The lowest BCUT2D eigenvalue weighted by Crippen LogP contribution is -2.04. The SMILES string of the molecule is C#CCCCNc1cc(Cl)nc(C)n1. The van der Waals surface area contributed by atoms with Gasteiger partial charge in [0.15, 0.2) is 0 Å². The van der Waals surface area contributed by atoms with Crippen molar-refractivity contribution in [3.8, 4) is 12.3 Å². The number of rotatable bonds is 4. The third kappa shape index (κ3) is 3.63. The summed E-state index contributed by atoms with van der Waals surface area (Å²) in [5.41, 5.74) is 0. The number of halogens is 1. The molecule has 0 aliphatic rings. The molecule has 1 aromatic heterocycles. The lowest BCUT2D eigenvalue weighted by atomic mass is 10.3. The lowest BCUT2D eigenvalue weighted by Gasteiger charge is -2.04. The van der Waals surface area contributed by atoms with Gasteiger partial charge in [-0.15, -0.1) is 12.3 Å². The molecule has 0 aliphatic carbocycles. The Kier molecular flexibility index (Phi) is 4.21. The molecule has 74 valence electrons. The fraction of sp³-hybridized carbons (Fsp3) is 0.400. The first-order valence-electron chi connectivity index (χ1n) is 4.41. The minimum absolute atomic E-state index is 0.456. The summed E-state index contributed by atoms with van der Waals surface area (Å²) in [4.78, 5) is 8.13. The molecule has 1 aromatic rings. The van der Waals surface area contributed by atoms with Gasteiger partial charge in [-0.25, -0.2) is 9.97 Å². The van der Waals surface area contributed by atoms with Gasteiger partial charge in [0, 0.05) is 19.0 Å². The molecule has 0 atom stereocenters. The van der Waals surface area contributed by atoms with E-state index >= 15 is 0 Å². The third-order valence-electron chi connectivity index (χ3n) is 1.61. The van der Waals surface area contributed by atoms with Crippen LogP contribution in [0.1, 0.15) is 18.7 Å². The van der Waals surface area contributed by atoms with Gasteiger partial charge in [0.2, 0.25) is 0 Å². The Morgan fingerprint density at radius 2 is 2.36 bits per heavy atom. The van der Waals surface area contributed by atoms with Gasteiger partial charge in [0.25, 0.3) is 0 Å². The summed E-state index contributed by atoms with van der Waals surface area (Å²) in [5.74, 6) is 3.99. The van der Waals surface area contributed by atoms with Crippen LogP contribution in [0.15, 0.2) is 6.07 Å². The second kappa shape index (κ2) is 5.46. The van der Waals surface area contributed by atoms with E-state index in [1.54, 1.807) is 13.0 Å². The van der Waals surface area contributed by atoms with Gasteiger partial charge in [0.05, 0.1) is 0 Å². The molecule has 0 fully saturated rings. The van der Waals surface area contributed by atoms with Crippen LogP contribution < -0.4 is 5.32 Å². The molecule has 0 unspecified atom stereocenters. The summed E-state index contributed by atoms with van der Waals surface area (Å²) in [6.45, 7) is 2.61. The zero-order valence-electron chi connectivity index (χ0n) is 8.05. The van der Waals surface area contributed by atoms with Crippen molar-refractivity contribution in [3.63, 3.8) is 0 Å². The molecule has 0 saturated carbocycles. The topological polar surface area (TPSA) is 37.8 Å². The second-order valence-corrected chi connectivity index (χ2v) is 3.24. The predicted molar refractivity (Wildman–Crippen MR) is 58.3 cm³/mol. The molecular weight excluding hydrogens is 198 g/mol. The maximum Gasteiger partial charge on any atom is 0.134 e. The zero-order valence-corrected chi connectivity index (χ0v) is 8.80. The Morgan fingerprint density at radius 3 is 3.00 bits per heavy atom. The summed E-state index contributed by atoms with van der Waals surface area (Å²) in [6.07, 6.45) is 6.83. The van der Waals surface area contributed by atoms with Gasteiger partial charge in [-0.3, -0.25) is 0 Å². The van der Waals surface area contributed by atoms with Crippen LogP contribution in [-0.4, -0.2) is 16.5 Å². The predicted octanol–water partition coefficient (Wildman–Crippen LogP) is 2.26. The highest BCUT2D eigenvalue weighted by molar-refractivity contribution is 6.29. The number of hydrogen-bond acceptors (Lipinski definition) is 3. The fourth-order valence-corrected chi connectivity index (χ4v) is 1.25. The minimum Gasteiger partial charge on any atom is -0.370 e. The molecule has 0 radical (unpaired) electrons. The highest BCUT2D eigenvalue weighted by Crippen LogP contribution is 2.10. The Morgan fingerprint density at radius 1 is 1.57 bits per heavy atom. The number of unbranched alkanes of at least 4 members (excludes halogenated alkanes) is 1. The van der Waals surface area contributed by atoms with Crippen molar-refractivity contribution in [2.75, 3.05) is 11.9 Å². The van der Waals surface area contributed by atoms with Gasteiger partial charge in [-0.2, -0.15) is 0 Å². The second-order valence-electron chi connectivity index (χ2n) is 2.86. The van der Waals surface area contributed by atoms with Gasteiger partial charge < -0.3 is 5.32 Å². The first-order chi connectivity index (χ1) is 6.72. The van der Waals surface area contributed by atoms with Crippen LogP contribution in [-0.2, 0) is 0 Å². The number of hydrogen-bond donors (Lipinski definition) is 1. The molecule has 0 aliphatic heterocycles. The molecule has 1 heterocycles. The van der Waals surface area contributed by atoms with Crippen molar-refractivity contribution >= 4 is 17.4 Å². The molecule has 1 N–H and O–H groups in total. The number of aryl methyl sites for hydroxylation is 1. The van der Waals surface area contributed by atoms with E-state index < -0.39 is 0 Å². The average Bonchev–Trinajstić information content (AvgIpc) is 2.11. The van der Waals surface area contributed by atoms with Crippen LogP contribution in [0.2, 0.25) is 5.15 Å². The maximum absolute atomic E-state index is 5.77. The molecule has 4 heteroatoms. The minimum atomic E-state index is 0.456. The summed E-state index contributed by atoms with van der Waals surface area (Å²) in [7, 11) is 0. The molecule has 0 saturated heterocycles. The number of aromatic nitrogens is 2. The van der Waals surface area contributed by atoms with Gasteiger partial charge in [-0.05, 0) is 13.3 Å². The van der Waals surface area contributed by atoms with E-state index in [9.17, 15) is 0 Å². The zero-order chi connectivity index (χ0) is 10.4. The summed E-state index contributed by atoms with van der Waals surface area (Å²) >= 11 is 5.77. The van der Waals surface area contributed by atoms with Crippen LogP contribution >= 0.6 is 11.6 Å². The molecular formula is C10H12ClN3. The van der Waals surface area contributed by atoms with E-state index in [0.717, 1.165) is 25.2 Å². The van der Waals surface area contributed by atoms with Crippen molar-refractivity contribution in [3.05, 3.63) is 17.0 Å². The van der Waals surface area contributed by atoms with Crippen LogP contribution in [0.25, 0.3) is 0 Å². The molecule has 3 nitrogen and oxygen atoms in total. The largest absolute Gasteiger partial charge is 0.370 e. The van der Waals surface area contributed by atoms with Crippen molar-refractivity contribution in [1.82, 2.24) is 9.97 Å². The van der Waals surface area contributed by atoms with Gasteiger partial charge in [0.1, 0.15) is 16.8 Å². The van der Waals surface area contributed by atoms with Crippen molar-refractivity contribution < 1.29 is 0 Å². The van der Waals surface area contributed by atoms with Crippen molar-refractivity contribution in [2.24, 2.45) is 0 Å². The van der Waals surface area contributed by atoms with E-state index in [4.69, 9.17) is 18.0 Å². The number of nitrogens with zero attached hydrogens (tertiary/aromatic N) is 2. The molecule has 0 spiro atoms. The first-order valence-corrected chi connectivity index (χ1v) is 4.78. The Hall–Kier alpha value is -1.27. The number of terminal acetylenes is 1. The van der Waals surface area contributed by atoms with E-state index in [-0.39, 0.29) is 0 Å². The Balaban J connectivity index is 2.47. The van der Waals surface area contributed by atoms with Crippen molar-refractivity contribution in [1.29, 1.82) is 0 Å². The standard InChI is InChI=1S/C10H12ClN3/c1-3-4-5-6-12-10-7-9(11)13-8(2)14-10/h1,7H,4-6H2,2H3,(H,12,13,14). The first kappa shape index (κ1) is 10.8. The molecule has 0 aromatic carbocycles. The molecule has 0 bridgehead atoms. The number of anilines is 1. The maximum atomic E-state index is 5.77. The smallest absolute Gasteiger partial charge is 0.134 e. The van der Waals surface area contributed by atoms with Gasteiger partial charge >= 0.3 is 0 Å². The summed E-state index contributed by atoms with van der Waals surface area (Å²) < 4.78 is 0. The third-order valence-corrected chi connectivity index (χ3v) is 1.80. The van der Waals surface area contributed by atoms with Crippen LogP contribution in [0.3, 0.4) is 0 Å². The quantitative estimate of drug-likeness (QED) is 0.470. The molecule has 1 rings (SSSR count). The lowest BCUT2D eigenvalue weighted by molar-refractivity contribution is 0.896.